The molecule has 2 atom stereocenters. The summed E-state index contributed by atoms with van der Waals surface area (Å²) in [6.45, 7) is 3.68. The van der Waals surface area contributed by atoms with Gasteiger partial charge in [-0.1, -0.05) is 86.6 Å². The van der Waals surface area contributed by atoms with E-state index in [2.05, 4.69) is 40.2 Å². The van der Waals surface area contributed by atoms with Gasteiger partial charge in [0.25, 0.3) is 0 Å². The predicted molar refractivity (Wildman–Crippen MR) is 158 cm³/mol. The van der Waals surface area contributed by atoms with E-state index in [9.17, 15) is 14.7 Å². The minimum atomic E-state index is -0.980. The van der Waals surface area contributed by atoms with Crippen molar-refractivity contribution >= 4 is 35.7 Å². The molecule has 3 rings (SSSR count). The first kappa shape index (κ1) is 31.3. The van der Waals surface area contributed by atoms with Crippen molar-refractivity contribution in [2.45, 2.75) is 38.3 Å². The van der Waals surface area contributed by atoms with Gasteiger partial charge in [-0.3, -0.25) is 15.0 Å². The average Bonchev–Trinajstić information content (AvgIpc) is 2.93. The van der Waals surface area contributed by atoms with Crippen molar-refractivity contribution in [2.24, 2.45) is 11.7 Å². The van der Waals surface area contributed by atoms with Crippen molar-refractivity contribution in [3.63, 3.8) is 0 Å². The maximum Gasteiger partial charge on any atom is 0.245 e. The Morgan fingerprint density at radius 3 is 2.00 bits per heavy atom. The Kier molecular flexibility index (Phi) is 12.5. The number of nitrogens with two attached hydrogens (primary N) is 1. The zero-order chi connectivity index (χ0) is 27.5. The Labute approximate surface area is 236 Å². The van der Waals surface area contributed by atoms with Crippen LogP contribution in [-0.4, -0.2) is 48.0 Å². The van der Waals surface area contributed by atoms with Crippen LogP contribution >= 0.6 is 12.4 Å². The zero-order valence-electron chi connectivity index (χ0n) is 22.3. The first-order valence-corrected chi connectivity index (χ1v) is 12.8. The van der Waals surface area contributed by atoms with Gasteiger partial charge in [-0.25, -0.2) is 0 Å². The molecule has 0 radical (unpaired) electrons. The number of hydrogen-bond acceptors (Lipinski definition) is 5. The number of halogens is 1. The number of aliphatic hydroxyl groups is 1. The molecule has 0 bridgehead atoms. The lowest BCUT2D eigenvalue weighted by Crippen LogP contribution is -2.54. The first-order chi connectivity index (χ1) is 18.3. The molecule has 0 aliphatic rings. The van der Waals surface area contributed by atoms with E-state index in [1.54, 1.807) is 24.3 Å². The Morgan fingerprint density at radius 2 is 1.49 bits per heavy atom. The van der Waals surface area contributed by atoms with Crippen LogP contribution < -0.4 is 21.7 Å². The average molecular weight is 552 g/mol. The molecule has 2 unspecified atom stereocenters. The number of amides is 2. The van der Waals surface area contributed by atoms with Crippen molar-refractivity contribution in [3.8, 4) is 0 Å². The molecule has 0 saturated carbocycles. The topological polar surface area (TPSA) is 140 Å². The molecule has 3 aromatic carbocycles. The largest absolute Gasteiger partial charge is 0.394 e. The van der Waals surface area contributed by atoms with Gasteiger partial charge >= 0.3 is 0 Å². The van der Waals surface area contributed by atoms with Crippen LogP contribution in [0.25, 0.3) is 0 Å². The summed E-state index contributed by atoms with van der Waals surface area (Å²) in [6.07, 6.45) is 0.700. The molecule has 0 saturated heterocycles. The lowest BCUT2D eigenvalue weighted by molar-refractivity contribution is -0.130. The molecule has 0 fully saturated rings. The highest BCUT2D eigenvalue weighted by atomic mass is 35.5. The Bertz CT molecular complexity index is 1170. The second-order valence-electron chi connectivity index (χ2n) is 9.56. The van der Waals surface area contributed by atoms with E-state index in [4.69, 9.17) is 11.1 Å². The number of benzene rings is 3. The fourth-order valence-corrected chi connectivity index (χ4v) is 4.31. The van der Waals surface area contributed by atoms with Crippen molar-refractivity contribution < 1.29 is 14.7 Å². The molecule has 0 aliphatic carbocycles. The van der Waals surface area contributed by atoms with Gasteiger partial charge in [-0.2, -0.15) is 0 Å². The molecule has 9 heteroatoms. The van der Waals surface area contributed by atoms with Crippen LogP contribution in [-0.2, 0) is 9.59 Å². The summed E-state index contributed by atoms with van der Waals surface area (Å²) in [7, 11) is 0. The number of rotatable bonds is 13. The minimum absolute atomic E-state index is 0. The third kappa shape index (κ3) is 9.12. The number of aliphatic hydroxyl groups excluding tert-OH is 1. The fraction of sp³-hybridized carbons (Fsp3) is 0.300. The highest BCUT2D eigenvalue weighted by Crippen LogP contribution is 2.27. The Hall–Kier alpha value is -3.88. The summed E-state index contributed by atoms with van der Waals surface area (Å²) in [4.78, 5) is 26.1. The molecule has 8 nitrogen and oxygen atoms in total. The molecule has 7 N–H and O–H groups in total. The molecule has 39 heavy (non-hydrogen) atoms. The van der Waals surface area contributed by atoms with Crippen LogP contribution in [0, 0.1) is 11.3 Å². The normalized spacial score (nSPS) is 12.2. The van der Waals surface area contributed by atoms with Gasteiger partial charge < -0.3 is 26.8 Å². The van der Waals surface area contributed by atoms with Gasteiger partial charge in [0.1, 0.15) is 17.9 Å². The van der Waals surface area contributed by atoms with E-state index in [1.165, 1.54) is 11.1 Å². The van der Waals surface area contributed by atoms with Gasteiger partial charge in [0.15, 0.2) is 0 Å². The van der Waals surface area contributed by atoms with Gasteiger partial charge in [-0.15, -0.1) is 12.4 Å². The summed E-state index contributed by atoms with van der Waals surface area (Å²) >= 11 is 0. The molecule has 0 aromatic heterocycles. The molecule has 2 amide bonds. The fourth-order valence-electron chi connectivity index (χ4n) is 4.31. The van der Waals surface area contributed by atoms with E-state index in [0.29, 0.717) is 24.2 Å². The van der Waals surface area contributed by atoms with Crippen LogP contribution in [0.15, 0.2) is 84.9 Å². The predicted octanol–water partition coefficient (Wildman–Crippen LogP) is 3.64. The number of carbonyl (C=O) groups is 2. The number of nitrogen functional groups attached to an aromatic ring is 1. The SMILES string of the molecule is CC(C)C(NC(=O)C(CO)Nc1cccc(C(=N)N)c1)C(=O)NCCC(c1ccccc1)c1ccccc1.Cl. The summed E-state index contributed by atoms with van der Waals surface area (Å²) in [5.41, 5.74) is 8.92. The standard InChI is InChI=1S/C30H37N5O3.ClH/c1-20(2)27(35-29(37)26(19-36)34-24-15-9-14-23(18-24)28(31)32)30(38)33-17-16-25(21-10-5-3-6-11-21)22-12-7-4-8-13-22;/h3-15,18,20,25-27,34,36H,16-17,19H2,1-2H3,(H3,31,32)(H,33,38)(H,35,37);1H. The molecular weight excluding hydrogens is 514 g/mol. The molecule has 208 valence electrons. The number of amidine groups is 1. The Morgan fingerprint density at radius 1 is 0.897 bits per heavy atom. The van der Waals surface area contributed by atoms with E-state index in [0.717, 1.165) is 0 Å². The van der Waals surface area contributed by atoms with Crippen molar-refractivity contribution in [1.29, 1.82) is 5.41 Å². The number of carbonyl (C=O) groups excluding carboxylic acids is 2. The van der Waals surface area contributed by atoms with Crippen molar-refractivity contribution in [2.75, 3.05) is 18.5 Å². The van der Waals surface area contributed by atoms with Gasteiger partial charge in [0.2, 0.25) is 11.8 Å². The molecular formula is C30H38ClN5O3. The van der Waals surface area contributed by atoms with Crippen LogP contribution in [0.5, 0.6) is 0 Å². The number of anilines is 1. The monoisotopic (exact) mass is 551 g/mol. The molecule has 0 aliphatic heterocycles. The quantitative estimate of drug-likeness (QED) is 0.142. The second kappa shape index (κ2) is 15.5. The number of nitrogens with one attached hydrogen (secondary N) is 4. The van der Waals surface area contributed by atoms with Gasteiger partial charge in [0, 0.05) is 23.7 Å². The first-order valence-electron chi connectivity index (χ1n) is 12.8. The number of hydrogen-bond donors (Lipinski definition) is 6. The van der Waals surface area contributed by atoms with E-state index >= 15 is 0 Å². The van der Waals surface area contributed by atoms with Crippen molar-refractivity contribution in [3.05, 3.63) is 102 Å². The van der Waals surface area contributed by atoms with Gasteiger partial charge in [-0.05, 0) is 35.6 Å². The van der Waals surface area contributed by atoms with E-state index < -0.39 is 24.6 Å². The summed E-state index contributed by atoms with van der Waals surface area (Å²) in [6, 6.07) is 25.3. The third-order valence-electron chi connectivity index (χ3n) is 6.40. The van der Waals surface area contributed by atoms with Crippen molar-refractivity contribution in [1.82, 2.24) is 10.6 Å². The van der Waals surface area contributed by atoms with Crippen LogP contribution in [0.4, 0.5) is 5.69 Å². The third-order valence-corrected chi connectivity index (χ3v) is 6.40. The molecule has 0 heterocycles. The lowest BCUT2D eigenvalue weighted by Gasteiger charge is -2.25. The zero-order valence-corrected chi connectivity index (χ0v) is 23.1. The van der Waals surface area contributed by atoms with Gasteiger partial charge in [0.05, 0.1) is 6.61 Å². The molecule has 3 aromatic rings. The highest BCUT2D eigenvalue weighted by Gasteiger charge is 2.28. The molecule has 0 spiro atoms. The van der Waals surface area contributed by atoms with Crippen LogP contribution in [0.3, 0.4) is 0 Å². The second-order valence-corrected chi connectivity index (χ2v) is 9.56. The highest BCUT2D eigenvalue weighted by molar-refractivity contribution is 5.96. The summed E-state index contributed by atoms with van der Waals surface area (Å²) in [5, 5.41) is 26.2. The summed E-state index contributed by atoms with van der Waals surface area (Å²) in [5.74, 6) is -0.918. The van der Waals surface area contributed by atoms with E-state index in [1.807, 2.05) is 50.2 Å². The van der Waals surface area contributed by atoms with Crippen LogP contribution in [0.2, 0.25) is 0 Å². The maximum absolute atomic E-state index is 13.1. The Balaban J connectivity index is 0.00000533. The minimum Gasteiger partial charge on any atom is -0.394 e. The lowest BCUT2D eigenvalue weighted by atomic mass is 9.88. The smallest absolute Gasteiger partial charge is 0.245 e. The maximum atomic E-state index is 13.1. The summed E-state index contributed by atoms with van der Waals surface area (Å²) < 4.78 is 0. The van der Waals surface area contributed by atoms with Crippen LogP contribution in [0.1, 0.15) is 42.9 Å². The van der Waals surface area contributed by atoms with E-state index in [-0.39, 0.29) is 36.0 Å².